The monoisotopic (exact) mass is 412 g/mol. The lowest BCUT2D eigenvalue weighted by molar-refractivity contribution is 0.129. The van der Waals surface area contributed by atoms with E-state index in [1.807, 2.05) is 7.05 Å². The third kappa shape index (κ3) is 9.52. The van der Waals surface area contributed by atoms with E-state index in [9.17, 15) is 0 Å². The van der Waals surface area contributed by atoms with E-state index in [1.165, 1.54) is 25.8 Å². The summed E-state index contributed by atoms with van der Waals surface area (Å²) in [6, 6.07) is 0.644. The van der Waals surface area contributed by atoms with E-state index in [1.54, 1.807) is 0 Å². The lowest BCUT2D eigenvalue weighted by Gasteiger charge is -2.21. The van der Waals surface area contributed by atoms with Crippen molar-refractivity contribution in [3.8, 4) is 0 Å². The molecule has 1 aliphatic heterocycles. The Morgan fingerprint density at radius 3 is 2.67 bits per heavy atom. The Balaban J connectivity index is 0.00000400. The molecule has 1 saturated heterocycles. The van der Waals surface area contributed by atoms with Crippen molar-refractivity contribution in [2.45, 2.75) is 45.1 Å². The average molecular weight is 412 g/mol. The standard InChI is InChI=1S/C15H32N4O.HI/c1-4-5-11-20-12-7-9-17-15(16-2)18-13-14-8-6-10-19(14)3;/h14H,4-13H2,1-3H3,(H2,16,17,18);1H. The highest BCUT2D eigenvalue weighted by atomic mass is 127. The third-order valence-electron chi connectivity index (χ3n) is 3.80. The molecule has 0 aromatic carbocycles. The topological polar surface area (TPSA) is 48.9 Å². The highest BCUT2D eigenvalue weighted by molar-refractivity contribution is 14.0. The van der Waals surface area contributed by atoms with Crippen molar-refractivity contribution in [3.63, 3.8) is 0 Å². The lowest BCUT2D eigenvalue weighted by atomic mass is 10.2. The molecule has 2 N–H and O–H groups in total. The number of likely N-dealkylation sites (tertiary alicyclic amines) is 1. The van der Waals surface area contributed by atoms with Gasteiger partial charge in [0.15, 0.2) is 5.96 Å². The molecular weight excluding hydrogens is 379 g/mol. The van der Waals surface area contributed by atoms with Crippen LogP contribution in [0.1, 0.15) is 39.0 Å². The fourth-order valence-corrected chi connectivity index (χ4v) is 2.40. The van der Waals surface area contributed by atoms with Crippen molar-refractivity contribution in [2.24, 2.45) is 4.99 Å². The summed E-state index contributed by atoms with van der Waals surface area (Å²) in [7, 11) is 4.02. The predicted molar refractivity (Wildman–Crippen MR) is 101 cm³/mol. The van der Waals surface area contributed by atoms with Gasteiger partial charge in [0.25, 0.3) is 0 Å². The summed E-state index contributed by atoms with van der Waals surface area (Å²) in [5.41, 5.74) is 0. The molecule has 21 heavy (non-hydrogen) atoms. The Morgan fingerprint density at radius 1 is 1.29 bits per heavy atom. The first-order valence-electron chi connectivity index (χ1n) is 8.00. The van der Waals surface area contributed by atoms with Crippen LogP contribution >= 0.6 is 24.0 Å². The van der Waals surface area contributed by atoms with Crippen molar-refractivity contribution in [1.29, 1.82) is 0 Å². The summed E-state index contributed by atoms with van der Waals surface area (Å²) in [6.45, 7) is 7.00. The summed E-state index contributed by atoms with van der Waals surface area (Å²) in [5.74, 6) is 0.902. The van der Waals surface area contributed by atoms with E-state index in [2.05, 4.69) is 34.5 Å². The molecule has 1 unspecified atom stereocenters. The second kappa shape index (κ2) is 13.6. The second-order valence-corrected chi connectivity index (χ2v) is 5.48. The van der Waals surface area contributed by atoms with Gasteiger partial charge in [0.05, 0.1) is 0 Å². The second-order valence-electron chi connectivity index (χ2n) is 5.48. The van der Waals surface area contributed by atoms with Gasteiger partial charge in [-0.2, -0.15) is 0 Å². The van der Waals surface area contributed by atoms with Gasteiger partial charge in [-0.3, -0.25) is 4.99 Å². The van der Waals surface area contributed by atoms with Gasteiger partial charge in [-0.05, 0) is 39.3 Å². The van der Waals surface area contributed by atoms with Gasteiger partial charge in [0.2, 0.25) is 0 Å². The Labute approximate surface area is 147 Å². The number of hydrogen-bond acceptors (Lipinski definition) is 3. The molecule has 126 valence electrons. The number of rotatable bonds is 9. The summed E-state index contributed by atoms with van der Waals surface area (Å²) < 4.78 is 5.54. The van der Waals surface area contributed by atoms with Crippen molar-refractivity contribution in [3.05, 3.63) is 0 Å². The minimum atomic E-state index is 0. The van der Waals surface area contributed by atoms with Crippen LogP contribution in [-0.2, 0) is 4.74 Å². The van der Waals surface area contributed by atoms with Crippen LogP contribution in [0, 0.1) is 0 Å². The first-order valence-corrected chi connectivity index (χ1v) is 8.00. The Kier molecular flexibility index (Phi) is 13.5. The molecule has 0 aromatic heterocycles. The van der Waals surface area contributed by atoms with E-state index >= 15 is 0 Å². The fraction of sp³-hybridized carbons (Fsp3) is 0.933. The Hall–Kier alpha value is -0.0800. The largest absolute Gasteiger partial charge is 0.381 e. The predicted octanol–water partition coefficient (Wildman–Crippen LogP) is 2.07. The number of unbranched alkanes of at least 4 members (excludes halogenated alkanes) is 1. The lowest BCUT2D eigenvalue weighted by Crippen LogP contribution is -2.44. The van der Waals surface area contributed by atoms with Crippen LogP contribution in [0.25, 0.3) is 0 Å². The third-order valence-corrected chi connectivity index (χ3v) is 3.80. The van der Waals surface area contributed by atoms with Gasteiger partial charge in [-0.1, -0.05) is 13.3 Å². The van der Waals surface area contributed by atoms with Crippen LogP contribution in [0.4, 0.5) is 0 Å². The summed E-state index contributed by atoms with van der Waals surface area (Å²) >= 11 is 0. The summed E-state index contributed by atoms with van der Waals surface area (Å²) in [5, 5.41) is 6.75. The van der Waals surface area contributed by atoms with Crippen LogP contribution in [-0.4, -0.2) is 63.8 Å². The summed E-state index contributed by atoms with van der Waals surface area (Å²) in [4.78, 5) is 6.67. The van der Waals surface area contributed by atoms with Crippen LogP contribution in [0.5, 0.6) is 0 Å². The molecule has 0 bridgehead atoms. The quantitative estimate of drug-likeness (QED) is 0.264. The molecule has 0 radical (unpaired) electrons. The highest BCUT2D eigenvalue weighted by Gasteiger charge is 2.20. The van der Waals surface area contributed by atoms with Gasteiger partial charge >= 0.3 is 0 Å². The molecule has 6 heteroatoms. The molecule has 0 spiro atoms. The molecule has 1 aliphatic rings. The van der Waals surface area contributed by atoms with Gasteiger partial charge in [0.1, 0.15) is 0 Å². The van der Waals surface area contributed by atoms with Crippen LogP contribution in [0.3, 0.4) is 0 Å². The van der Waals surface area contributed by atoms with Crippen molar-refractivity contribution >= 4 is 29.9 Å². The molecule has 1 rings (SSSR count). The van der Waals surface area contributed by atoms with Crippen molar-refractivity contribution in [1.82, 2.24) is 15.5 Å². The first kappa shape index (κ1) is 20.9. The average Bonchev–Trinajstić information content (AvgIpc) is 2.86. The first-order chi connectivity index (χ1) is 9.77. The number of hydrogen-bond donors (Lipinski definition) is 2. The number of nitrogens with zero attached hydrogens (tertiary/aromatic N) is 2. The van der Waals surface area contributed by atoms with Crippen LogP contribution in [0.2, 0.25) is 0 Å². The maximum Gasteiger partial charge on any atom is 0.191 e. The number of guanidine groups is 1. The van der Waals surface area contributed by atoms with Gasteiger partial charge < -0.3 is 20.3 Å². The molecule has 0 saturated carbocycles. The van der Waals surface area contributed by atoms with Crippen molar-refractivity contribution in [2.75, 3.05) is 46.9 Å². The minimum absolute atomic E-state index is 0. The van der Waals surface area contributed by atoms with E-state index in [0.29, 0.717) is 6.04 Å². The number of aliphatic imine (C=N–C) groups is 1. The Morgan fingerprint density at radius 2 is 2.05 bits per heavy atom. The molecule has 5 nitrogen and oxygen atoms in total. The van der Waals surface area contributed by atoms with E-state index in [0.717, 1.165) is 45.1 Å². The molecule has 1 atom stereocenters. The van der Waals surface area contributed by atoms with Crippen LogP contribution < -0.4 is 10.6 Å². The normalized spacial score (nSPS) is 19.4. The zero-order chi connectivity index (χ0) is 14.6. The van der Waals surface area contributed by atoms with E-state index < -0.39 is 0 Å². The number of nitrogens with one attached hydrogen (secondary N) is 2. The Bertz CT molecular complexity index is 276. The molecule has 1 fully saturated rings. The zero-order valence-electron chi connectivity index (χ0n) is 13.9. The van der Waals surface area contributed by atoms with Gasteiger partial charge in [-0.15, -0.1) is 24.0 Å². The van der Waals surface area contributed by atoms with E-state index in [-0.39, 0.29) is 24.0 Å². The minimum Gasteiger partial charge on any atom is -0.381 e. The smallest absolute Gasteiger partial charge is 0.191 e. The van der Waals surface area contributed by atoms with Crippen molar-refractivity contribution < 1.29 is 4.74 Å². The molecule has 0 aliphatic carbocycles. The van der Waals surface area contributed by atoms with Crippen LogP contribution in [0.15, 0.2) is 4.99 Å². The molecule has 0 aromatic rings. The highest BCUT2D eigenvalue weighted by Crippen LogP contribution is 2.13. The van der Waals surface area contributed by atoms with E-state index in [4.69, 9.17) is 4.74 Å². The zero-order valence-corrected chi connectivity index (χ0v) is 16.2. The fourth-order valence-electron chi connectivity index (χ4n) is 2.40. The molecular formula is C15H33IN4O. The van der Waals surface area contributed by atoms with Gasteiger partial charge in [0, 0.05) is 39.4 Å². The number of likely N-dealkylation sites (N-methyl/N-ethyl adjacent to an activating group) is 1. The maximum atomic E-state index is 5.54. The number of ether oxygens (including phenoxy) is 1. The van der Waals surface area contributed by atoms with Gasteiger partial charge in [-0.25, -0.2) is 0 Å². The summed E-state index contributed by atoms with van der Waals surface area (Å²) in [6.07, 6.45) is 5.97. The maximum absolute atomic E-state index is 5.54. The number of halogens is 1. The molecule has 1 heterocycles. The molecule has 0 amide bonds. The SMILES string of the molecule is CCCCOCCCNC(=NC)NCC1CCCN1C.I.